The molecule has 27 nitrogen and oxygen atoms in total. The second kappa shape index (κ2) is 38.1. The number of nitrogens with one attached hydrogen (secondary N) is 6. The molecule has 20 rings (SSSR count). The van der Waals surface area contributed by atoms with Gasteiger partial charge >= 0.3 is 6.18 Å². The highest BCUT2D eigenvalue weighted by Gasteiger charge is 2.37. The van der Waals surface area contributed by atoms with Gasteiger partial charge in [0.2, 0.25) is 17.8 Å². The van der Waals surface area contributed by atoms with E-state index < -0.39 is 28.1 Å². The van der Waals surface area contributed by atoms with E-state index >= 15 is 0 Å². The highest BCUT2D eigenvalue weighted by molar-refractivity contribution is 8.21. The molecule has 10 aromatic heterocycles. The van der Waals surface area contributed by atoms with Crippen LogP contribution in [0.5, 0.6) is 0 Å². The van der Waals surface area contributed by atoms with E-state index in [1.165, 1.54) is 56.8 Å². The average molecular weight is 1820 g/mol. The summed E-state index contributed by atoms with van der Waals surface area (Å²) in [5.41, 5.74) is 10.7. The summed E-state index contributed by atoms with van der Waals surface area (Å²) in [5, 5.41) is 32.7. The number of piperazine rings is 1. The van der Waals surface area contributed by atoms with Crippen LogP contribution in [-0.2, 0) is 24.5 Å². The van der Waals surface area contributed by atoms with E-state index in [1.807, 2.05) is 74.3 Å². The molecule has 0 amide bonds. The third kappa shape index (κ3) is 19.2. The first-order valence-electron chi connectivity index (χ1n) is 42.7. The highest BCUT2D eigenvalue weighted by Crippen LogP contribution is 2.46. The van der Waals surface area contributed by atoms with Crippen molar-refractivity contribution in [3.8, 4) is 61.0 Å². The maximum Gasteiger partial charge on any atom is 0.417 e. The minimum atomic E-state index is -4.72. The van der Waals surface area contributed by atoms with Gasteiger partial charge in [0, 0.05) is 191 Å². The second-order valence-corrected chi connectivity index (χ2v) is 39.0. The Morgan fingerprint density at radius 2 is 1.18 bits per heavy atom. The quantitative estimate of drug-likeness (QED) is 0.0373. The number of piperidine rings is 2. The molecule has 5 aliphatic rings. The Balaban J connectivity index is 0.000000131. The Morgan fingerprint density at radius 3 is 1.79 bits per heavy atom. The van der Waals surface area contributed by atoms with Gasteiger partial charge in [0.15, 0.2) is 5.65 Å². The Bertz CT molecular complexity index is 6680. The summed E-state index contributed by atoms with van der Waals surface area (Å²) in [7, 11) is -1.01. The van der Waals surface area contributed by atoms with Crippen LogP contribution in [0.1, 0.15) is 93.6 Å². The summed E-state index contributed by atoms with van der Waals surface area (Å²) in [6.45, 7) is 16.8. The predicted molar refractivity (Wildman–Crippen MR) is 510 cm³/mol. The maximum absolute atomic E-state index is 14.5. The third-order valence-electron chi connectivity index (χ3n) is 23.8. The number of aromatic nitrogens is 13. The summed E-state index contributed by atoms with van der Waals surface area (Å²) in [6, 6.07) is 44.7. The number of halogens is 3. The van der Waals surface area contributed by atoms with Gasteiger partial charge in [-0.3, -0.25) is 41.9 Å². The molecule has 2 atom stereocenters. The van der Waals surface area contributed by atoms with Gasteiger partial charge in [0.05, 0.1) is 57.6 Å². The molecule has 0 saturated carbocycles. The monoisotopic (exact) mass is 1820 g/mol. The van der Waals surface area contributed by atoms with Crippen molar-refractivity contribution >= 4 is 130 Å². The SMILES string of the molecule is CCn1c(=O)c(-c2nc(-c3ccsc3)sc2C)cc2cnc(Nc3ccc(C4CNCCS4)cc3)nc21.Cc1sc(C2CCN(S(C)(O)O)CC2)nc1-c1cc2cnc(Nc3ccc(N4CCNCC4)cc3)nc2n(C2CCOC2)c1=O.Cn1cc(-c2ccc(-c3cc4cnc(Nc5ccc(C6CCNCC6)cc5)nc4n(-c4ccccc4)c3=O)c(C(F)(F)F)c2)cn1. The number of alkyl halides is 3. The van der Waals surface area contributed by atoms with Crippen LogP contribution in [0.15, 0.2) is 202 Å². The standard InChI is InChI=1S/C35H30F3N7O.C31H40N8O4S2.C27H26N6OS3/c1-44-21-26(20-41-44)24-9-12-29(31(18-24)35(36,37)38)30-17-25-19-40-34(43-32(25)45(33(30)46)28-5-3-2-4-6-28)42-27-10-7-22(8-11-27)23-13-15-39-16-14-23;1-20-27(35-29(44-20)21-7-12-38(13-8-21)45(2,41)42)26-17-22-18-33-31(36-28(22)39(30(26)40)25-9-16-43-19-25)34-23-3-5-24(6-4-23)37-14-10-32-11-15-37;1-3-33-24-19(12-21(26(33)34)23-16(2)37-25(31-23)18-8-10-35-15-18)13-29-27(32-24)30-20-6-4-17(5-7-20)22-14-28-9-11-36-22/h2-12,17-21,23,39H,13-16H2,1H3,(H,40,42,43);3-6,17-18,21,25,32,41-42H,7-16,19H2,1-2H3,(H,33,34,36);4-8,10,12-13,15,22,28H,3,9,11,14H2,1-2H3,(H,29,30,32). The zero-order valence-electron chi connectivity index (χ0n) is 71.1. The molecule has 0 bridgehead atoms. The van der Waals surface area contributed by atoms with Gasteiger partial charge in [-0.05, 0) is 191 Å². The number of ether oxygens (including phenoxy) is 1. The van der Waals surface area contributed by atoms with Crippen LogP contribution in [0.25, 0.3) is 94.1 Å². The Morgan fingerprint density at radius 1 is 0.570 bits per heavy atom. The lowest BCUT2D eigenvalue weighted by Gasteiger charge is -2.43. The molecular formula is C93H96F3N21O6S5. The van der Waals surface area contributed by atoms with Crippen molar-refractivity contribution < 1.29 is 27.0 Å². The number of benzene rings is 5. The lowest BCUT2D eigenvalue weighted by Crippen LogP contribution is -2.43. The number of para-hydroxylation sites is 1. The van der Waals surface area contributed by atoms with Crippen molar-refractivity contribution in [1.82, 2.24) is 83.6 Å². The van der Waals surface area contributed by atoms with E-state index in [-0.39, 0.29) is 45.8 Å². The largest absolute Gasteiger partial charge is 0.417 e. The molecule has 0 radical (unpaired) electrons. The average Bonchev–Trinajstić information content (AvgIpc) is 1.38. The van der Waals surface area contributed by atoms with Crippen LogP contribution in [0.3, 0.4) is 0 Å². The number of fused-ring (bicyclic) bond motifs is 3. The Hall–Kier alpha value is -11.5. The number of pyridine rings is 3. The summed E-state index contributed by atoms with van der Waals surface area (Å²) >= 11 is 6.86. The second-order valence-electron chi connectivity index (χ2n) is 32.4. The summed E-state index contributed by atoms with van der Waals surface area (Å²) in [5.74, 6) is 3.03. The van der Waals surface area contributed by atoms with E-state index in [4.69, 9.17) is 24.7 Å². The minimum Gasteiger partial charge on any atom is -0.379 e. The molecule has 5 aromatic carbocycles. The fourth-order valence-corrected chi connectivity index (χ4v) is 21.9. The third-order valence-corrected chi connectivity index (χ3v) is 29.3. The van der Waals surface area contributed by atoms with Crippen LogP contribution in [0, 0.1) is 13.8 Å². The van der Waals surface area contributed by atoms with Crippen molar-refractivity contribution in [3.05, 3.63) is 250 Å². The maximum atomic E-state index is 14.5. The van der Waals surface area contributed by atoms with Crippen molar-refractivity contribution in [2.45, 2.75) is 88.7 Å². The molecule has 15 aromatic rings. The van der Waals surface area contributed by atoms with Gasteiger partial charge in [-0.2, -0.15) is 56.3 Å². The van der Waals surface area contributed by atoms with Gasteiger partial charge in [-0.25, -0.2) is 29.2 Å². The fraction of sp³-hybridized carbons (Fsp3) is 0.312. The Kier molecular flexibility index (Phi) is 26.0. The number of hydrogen-bond donors (Lipinski definition) is 8. The number of thioether (sulfide) groups is 1. The van der Waals surface area contributed by atoms with Gasteiger partial charge in [-0.15, -0.1) is 33.4 Å². The first kappa shape index (κ1) is 87.2. The van der Waals surface area contributed by atoms with Crippen LogP contribution in [-0.4, -0.2) is 167 Å². The molecule has 5 fully saturated rings. The van der Waals surface area contributed by atoms with E-state index in [1.54, 1.807) is 109 Å². The highest BCUT2D eigenvalue weighted by atomic mass is 32.3. The minimum absolute atomic E-state index is 0.0899. The number of anilines is 7. The van der Waals surface area contributed by atoms with Gasteiger partial charge < -0.3 is 41.5 Å². The lowest BCUT2D eigenvalue weighted by atomic mass is 9.90. The number of thiophene rings is 1. The summed E-state index contributed by atoms with van der Waals surface area (Å²) in [6.07, 6.45) is 9.47. The molecule has 35 heteroatoms. The molecule has 15 heterocycles. The van der Waals surface area contributed by atoms with Crippen molar-refractivity contribution in [1.29, 1.82) is 0 Å². The number of aryl methyl sites for hydroxylation is 4. The molecule has 0 spiro atoms. The molecule has 660 valence electrons. The molecule has 0 aliphatic carbocycles. The lowest BCUT2D eigenvalue weighted by molar-refractivity contribution is -0.137. The summed E-state index contributed by atoms with van der Waals surface area (Å²) < 4.78 is 77.5. The van der Waals surface area contributed by atoms with E-state index in [0.29, 0.717) is 106 Å². The molecule has 8 N–H and O–H groups in total. The van der Waals surface area contributed by atoms with Gasteiger partial charge in [-0.1, -0.05) is 54.6 Å². The number of rotatable bonds is 19. The van der Waals surface area contributed by atoms with E-state index in [0.717, 1.165) is 155 Å². The van der Waals surface area contributed by atoms with Gasteiger partial charge in [0.25, 0.3) is 16.7 Å². The number of nitrogens with zero attached hydrogens (tertiary/aromatic N) is 15. The summed E-state index contributed by atoms with van der Waals surface area (Å²) in [4.78, 5) is 84.1. The zero-order valence-corrected chi connectivity index (χ0v) is 75.1. The molecule has 5 aliphatic heterocycles. The Labute approximate surface area is 753 Å². The van der Waals surface area contributed by atoms with Crippen LogP contribution >= 0.6 is 56.5 Å². The number of hydrogen-bond acceptors (Lipinski definition) is 27. The molecule has 128 heavy (non-hydrogen) atoms. The smallest absolute Gasteiger partial charge is 0.379 e. The van der Waals surface area contributed by atoms with Crippen LogP contribution in [0.4, 0.5) is 53.8 Å². The van der Waals surface area contributed by atoms with E-state index in [9.17, 15) is 36.7 Å². The first-order valence-corrected chi connectivity index (χ1v) is 48.3. The number of thiazole rings is 2. The van der Waals surface area contributed by atoms with Crippen LogP contribution < -0.4 is 53.5 Å². The molecule has 2 unspecified atom stereocenters. The van der Waals surface area contributed by atoms with E-state index in [2.05, 4.69) is 122 Å². The first-order chi connectivity index (χ1) is 62.1. The van der Waals surface area contributed by atoms with Gasteiger partial charge in [0.1, 0.15) is 16.3 Å². The molecular weight excluding hydrogens is 1720 g/mol. The normalized spacial score (nSPS) is 16.9. The topological polar surface area (TPSA) is 315 Å². The fourth-order valence-electron chi connectivity index (χ4n) is 17.1. The van der Waals surface area contributed by atoms with Crippen molar-refractivity contribution in [2.75, 3.05) is 112 Å². The van der Waals surface area contributed by atoms with Crippen LogP contribution in [0.2, 0.25) is 0 Å². The van der Waals surface area contributed by atoms with Crippen molar-refractivity contribution in [3.63, 3.8) is 0 Å². The zero-order chi connectivity index (χ0) is 88.3. The predicted octanol–water partition coefficient (Wildman–Crippen LogP) is 18.0. The molecule has 5 saturated heterocycles. The van der Waals surface area contributed by atoms with Crippen molar-refractivity contribution in [2.24, 2.45) is 7.05 Å².